The van der Waals surface area contributed by atoms with Gasteiger partial charge in [0.25, 0.3) is 0 Å². The molecule has 0 bridgehead atoms. The average molecular weight is 260 g/mol. The lowest BCUT2D eigenvalue weighted by atomic mass is 10.1. The van der Waals surface area contributed by atoms with Gasteiger partial charge in [-0.3, -0.25) is 4.90 Å². The van der Waals surface area contributed by atoms with Gasteiger partial charge in [0.15, 0.2) is 0 Å². The molecule has 0 amide bonds. The number of hydrogen-bond acceptors (Lipinski definition) is 2. The summed E-state index contributed by atoms with van der Waals surface area (Å²) < 4.78 is 0. The maximum absolute atomic E-state index is 9.50. The number of hydrogen-bond donors (Lipinski definition) is 1. The average Bonchev–Trinajstić information content (AvgIpc) is 2.75. The largest absolute Gasteiger partial charge is 0.394 e. The van der Waals surface area contributed by atoms with Gasteiger partial charge in [-0.2, -0.15) is 0 Å². The molecule has 1 atom stereocenters. The van der Waals surface area contributed by atoms with Crippen molar-refractivity contribution in [1.82, 2.24) is 4.90 Å². The summed E-state index contributed by atoms with van der Waals surface area (Å²) in [5.74, 6) is 0. The molecule has 1 fully saturated rings. The molecule has 2 nitrogen and oxygen atoms in total. The Hall–Kier alpha value is -0.280. The van der Waals surface area contributed by atoms with E-state index in [9.17, 15) is 5.11 Å². The van der Waals surface area contributed by atoms with Gasteiger partial charge in [0.05, 0.1) is 12.6 Å². The topological polar surface area (TPSA) is 23.5 Å². The summed E-state index contributed by atoms with van der Waals surface area (Å²) in [6.07, 6.45) is 2.39. The van der Waals surface area contributed by atoms with Crippen LogP contribution in [0.4, 0.5) is 0 Å². The minimum atomic E-state index is 0.00673. The Morgan fingerprint density at radius 2 is 1.94 bits per heavy atom. The Bertz CT molecular complexity index is 364. The van der Waals surface area contributed by atoms with Crippen molar-refractivity contribution in [3.63, 3.8) is 0 Å². The van der Waals surface area contributed by atoms with Crippen LogP contribution in [0.25, 0.3) is 0 Å². The van der Waals surface area contributed by atoms with Crippen molar-refractivity contribution in [3.8, 4) is 0 Å². The second-order valence-corrected chi connectivity index (χ2v) is 4.95. The van der Waals surface area contributed by atoms with Gasteiger partial charge in [-0.1, -0.05) is 29.3 Å². The predicted molar refractivity (Wildman–Crippen MR) is 67.1 cm³/mol. The van der Waals surface area contributed by atoms with Crippen LogP contribution in [0.15, 0.2) is 18.2 Å². The zero-order valence-electron chi connectivity index (χ0n) is 9.00. The Morgan fingerprint density at radius 3 is 2.50 bits per heavy atom. The van der Waals surface area contributed by atoms with E-state index in [-0.39, 0.29) is 12.6 Å². The molecular formula is C12H15Cl2NO. The third kappa shape index (κ3) is 2.51. The second kappa shape index (κ2) is 5.37. The molecule has 16 heavy (non-hydrogen) atoms. The monoisotopic (exact) mass is 259 g/mol. The zero-order valence-corrected chi connectivity index (χ0v) is 10.5. The van der Waals surface area contributed by atoms with E-state index >= 15 is 0 Å². The summed E-state index contributed by atoms with van der Waals surface area (Å²) in [4.78, 5) is 2.27. The molecule has 88 valence electrons. The van der Waals surface area contributed by atoms with E-state index in [2.05, 4.69) is 4.90 Å². The van der Waals surface area contributed by atoms with Crippen molar-refractivity contribution >= 4 is 23.2 Å². The first-order chi connectivity index (χ1) is 7.72. The molecule has 0 aromatic heterocycles. The third-order valence-corrected chi connectivity index (χ3v) is 3.64. The summed E-state index contributed by atoms with van der Waals surface area (Å²) in [6.45, 7) is 2.16. The van der Waals surface area contributed by atoms with Gasteiger partial charge >= 0.3 is 0 Å². The Morgan fingerprint density at radius 1 is 1.25 bits per heavy atom. The SMILES string of the molecule is OC[C@@H](c1ccc(Cl)cc1Cl)N1CCCC1. The zero-order chi connectivity index (χ0) is 11.5. The normalized spacial score (nSPS) is 18.9. The van der Waals surface area contributed by atoms with Crippen LogP contribution >= 0.6 is 23.2 Å². The highest BCUT2D eigenvalue weighted by molar-refractivity contribution is 6.35. The van der Waals surface area contributed by atoms with Crippen LogP contribution in [0.2, 0.25) is 10.0 Å². The summed E-state index contributed by atoms with van der Waals surface area (Å²) in [5.41, 5.74) is 0.968. The first kappa shape index (κ1) is 12.2. The highest BCUT2D eigenvalue weighted by Gasteiger charge is 2.24. The van der Waals surface area contributed by atoms with Crippen LogP contribution in [0.3, 0.4) is 0 Å². The highest BCUT2D eigenvalue weighted by atomic mass is 35.5. The minimum absolute atomic E-state index is 0.00673. The van der Waals surface area contributed by atoms with Crippen molar-refractivity contribution in [1.29, 1.82) is 0 Å². The predicted octanol–water partition coefficient (Wildman–Crippen LogP) is 3.12. The van der Waals surface area contributed by atoms with Crippen LogP contribution in [-0.2, 0) is 0 Å². The molecule has 0 spiro atoms. The Kier molecular flexibility index (Phi) is 4.09. The molecule has 1 heterocycles. The molecule has 1 aliphatic heterocycles. The van der Waals surface area contributed by atoms with Gasteiger partial charge in [-0.25, -0.2) is 0 Å². The molecule has 1 N–H and O–H groups in total. The smallest absolute Gasteiger partial charge is 0.0629 e. The minimum Gasteiger partial charge on any atom is -0.394 e. The summed E-state index contributed by atoms with van der Waals surface area (Å²) in [5, 5.41) is 10.8. The van der Waals surface area contributed by atoms with Gasteiger partial charge < -0.3 is 5.11 Å². The van der Waals surface area contributed by atoms with Crippen molar-refractivity contribution < 1.29 is 5.11 Å². The lowest BCUT2D eigenvalue weighted by molar-refractivity contribution is 0.147. The quantitative estimate of drug-likeness (QED) is 0.902. The van der Waals surface area contributed by atoms with E-state index < -0.39 is 0 Å². The van der Waals surface area contributed by atoms with Crippen LogP contribution < -0.4 is 0 Å². The number of benzene rings is 1. The van der Waals surface area contributed by atoms with Crippen molar-refractivity contribution in [3.05, 3.63) is 33.8 Å². The molecule has 0 aliphatic carbocycles. The van der Waals surface area contributed by atoms with E-state index in [0.29, 0.717) is 10.0 Å². The summed E-state index contributed by atoms with van der Waals surface area (Å²) >= 11 is 12.0. The Balaban J connectivity index is 2.25. The van der Waals surface area contributed by atoms with Crippen LogP contribution in [0.5, 0.6) is 0 Å². The van der Waals surface area contributed by atoms with E-state index in [0.717, 1.165) is 18.7 Å². The summed E-state index contributed by atoms with van der Waals surface area (Å²) in [7, 11) is 0. The molecule has 2 rings (SSSR count). The molecule has 4 heteroatoms. The fraction of sp³-hybridized carbons (Fsp3) is 0.500. The lowest BCUT2D eigenvalue weighted by Crippen LogP contribution is -2.28. The molecule has 1 aliphatic rings. The second-order valence-electron chi connectivity index (χ2n) is 4.11. The van der Waals surface area contributed by atoms with Crippen molar-refractivity contribution in [2.24, 2.45) is 0 Å². The van der Waals surface area contributed by atoms with E-state index in [1.54, 1.807) is 6.07 Å². The first-order valence-electron chi connectivity index (χ1n) is 5.52. The number of aliphatic hydroxyl groups is 1. The van der Waals surface area contributed by atoms with Crippen LogP contribution in [-0.4, -0.2) is 29.7 Å². The maximum atomic E-state index is 9.50. The fourth-order valence-corrected chi connectivity index (χ4v) is 2.77. The molecule has 0 radical (unpaired) electrons. The molecule has 1 aromatic rings. The number of likely N-dealkylation sites (tertiary alicyclic amines) is 1. The molecule has 0 unspecified atom stereocenters. The molecule has 1 aromatic carbocycles. The van der Waals surface area contributed by atoms with E-state index in [1.165, 1.54) is 12.8 Å². The van der Waals surface area contributed by atoms with Crippen LogP contribution in [0.1, 0.15) is 24.4 Å². The van der Waals surface area contributed by atoms with Gasteiger partial charge in [0.1, 0.15) is 0 Å². The highest BCUT2D eigenvalue weighted by Crippen LogP contribution is 2.31. The van der Waals surface area contributed by atoms with Gasteiger partial charge in [-0.15, -0.1) is 0 Å². The van der Waals surface area contributed by atoms with E-state index in [4.69, 9.17) is 23.2 Å². The van der Waals surface area contributed by atoms with Crippen LogP contribution in [0, 0.1) is 0 Å². The number of rotatable bonds is 3. The standard InChI is InChI=1S/C12H15Cl2NO/c13-9-3-4-10(11(14)7-9)12(8-16)15-5-1-2-6-15/h3-4,7,12,16H,1-2,5-6,8H2/t12-/m0/s1. The first-order valence-corrected chi connectivity index (χ1v) is 6.28. The van der Waals surface area contributed by atoms with Crippen molar-refractivity contribution in [2.45, 2.75) is 18.9 Å². The van der Waals surface area contributed by atoms with Gasteiger partial charge in [0, 0.05) is 10.0 Å². The molecular weight excluding hydrogens is 245 g/mol. The number of halogens is 2. The fourth-order valence-electron chi connectivity index (χ4n) is 2.24. The maximum Gasteiger partial charge on any atom is 0.0629 e. The Labute approximate surface area is 106 Å². The van der Waals surface area contributed by atoms with E-state index in [1.807, 2.05) is 12.1 Å². The molecule has 1 saturated heterocycles. The lowest BCUT2D eigenvalue weighted by Gasteiger charge is -2.26. The third-order valence-electron chi connectivity index (χ3n) is 3.08. The summed E-state index contributed by atoms with van der Waals surface area (Å²) in [6, 6.07) is 5.47. The number of nitrogens with zero attached hydrogens (tertiary/aromatic N) is 1. The number of aliphatic hydroxyl groups excluding tert-OH is 1. The van der Waals surface area contributed by atoms with Gasteiger partial charge in [-0.05, 0) is 43.6 Å². The van der Waals surface area contributed by atoms with Crippen molar-refractivity contribution in [2.75, 3.05) is 19.7 Å². The molecule has 0 saturated carbocycles. The van der Waals surface area contributed by atoms with Gasteiger partial charge in [0.2, 0.25) is 0 Å².